The van der Waals surface area contributed by atoms with Gasteiger partial charge in [-0.1, -0.05) is 26.0 Å². The van der Waals surface area contributed by atoms with Crippen LogP contribution in [0.25, 0.3) is 0 Å². The van der Waals surface area contributed by atoms with E-state index >= 15 is 0 Å². The van der Waals surface area contributed by atoms with Gasteiger partial charge in [0.15, 0.2) is 0 Å². The summed E-state index contributed by atoms with van der Waals surface area (Å²) in [6, 6.07) is 10.8. The molecule has 2 aromatic rings. The lowest BCUT2D eigenvalue weighted by Gasteiger charge is -2.10. The Balaban J connectivity index is 2.26. The van der Waals surface area contributed by atoms with E-state index in [9.17, 15) is 10.1 Å². The first-order valence-corrected chi connectivity index (χ1v) is 6.71. The molecular weight excluding hydrogens is 268 g/mol. The average molecular weight is 286 g/mol. The Kier molecular flexibility index (Phi) is 4.37. The lowest BCUT2D eigenvalue weighted by Crippen LogP contribution is -2.00. The van der Waals surface area contributed by atoms with Gasteiger partial charge in [-0.3, -0.25) is 10.1 Å². The molecule has 0 saturated heterocycles. The third-order valence-electron chi connectivity index (χ3n) is 3.13. The first-order chi connectivity index (χ1) is 9.99. The number of aromatic nitrogens is 1. The van der Waals surface area contributed by atoms with Gasteiger partial charge in [0.2, 0.25) is 0 Å². The average Bonchev–Trinajstić information content (AvgIpc) is 2.47. The van der Waals surface area contributed by atoms with Gasteiger partial charge in [-0.2, -0.15) is 0 Å². The zero-order valence-corrected chi connectivity index (χ0v) is 12.3. The van der Waals surface area contributed by atoms with Crippen LogP contribution < -0.4 is 10.6 Å². The van der Waals surface area contributed by atoms with E-state index in [1.807, 2.05) is 24.3 Å². The summed E-state index contributed by atoms with van der Waals surface area (Å²) in [7, 11) is 1.67. The number of benzene rings is 1. The Morgan fingerprint density at radius 2 is 1.76 bits per heavy atom. The minimum atomic E-state index is -0.435. The summed E-state index contributed by atoms with van der Waals surface area (Å²) in [6.45, 7) is 4.26. The molecular formula is C15H18N4O2. The molecule has 110 valence electrons. The maximum absolute atomic E-state index is 10.9. The molecule has 2 N–H and O–H groups in total. The number of nitro groups is 1. The van der Waals surface area contributed by atoms with Crippen LogP contribution in [0, 0.1) is 10.1 Å². The highest BCUT2D eigenvalue weighted by atomic mass is 16.6. The highest BCUT2D eigenvalue weighted by Gasteiger charge is 2.11. The predicted molar refractivity (Wildman–Crippen MR) is 84.3 cm³/mol. The van der Waals surface area contributed by atoms with Crippen molar-refractivity contribution in [1.82, 2.24) is 4.98 Å². The van der Waals surface area contributed by atoms with E-state index < -0.39 is 4.92 Å². The quantitative estimate of drug-likeness (QED) is 0.643. The zero-order chi connectivity index (χ0) is 15.4. The number of pyridine rings is 1. The summed E-state index contributed by atoms with van der Waals surface area (Å²) >= 11 is 0. The molecule has 0 saturated carbocycles. The van der Waals surface area contributed by atoms with Gasteiger partial charge in [0.05, 0.1) is 17.1 Å². The van der Waals surface area contributed by atoms with Gasteiger partial charge in [-0.25, -0.2) is 4.98 Å². The van der Waals surface area contributed by atoms with E-state index in [1.165, 1.54) is 17.7 Å². The summed E-state index contributed by atoms with van der Waals surface area (Å²) in [5.74, 6) is 1.35. The number of nitrogens with one attached hydrogen (secondary N) is 2. The van der Waals surface area contributed by atoms with E-state index in [4.69, 9.17) is 0 Å². The van der Waals surface area contributed by atoms with Crippen molar-refractivity contribution in [1.29, 1.82) is 0 Å². The molecule has 2 rings (SSSR count). The fourth-order valence-corrected chi connectivity index (χ4v) is 1.91. The minimum absolute atomic E-state index is 0.00403. The lowest BCUT2D eigenvalue weighted by molar-refractivity contribution is -0.384. The van der Waals surface area contributed by atoms with Crippen LogP contribution in [0.4, 0.5) is 23.0 Å². The smallest absolute Gasteiger partial charge is 0.276 e. The van der Waals surface area contributed by atoms with Crippen LogP contribution in [0.1, 0.15) is 25.3 Å². The maximum atomic E-state index is 10.9. The predicted octanol–water partition coefficient (Wildman–Crippen LogP) is 3.90. The number of hydrogen-bond acceptors (Lipinski definition) is 5. The molecule has 0 radical (unpaired) electrons. The van der Waals surface area contributed by atoms with Gasteiger partial charge < -0.3 is 10.6 Å². The highest BCUT2D eigenvalue weighted by Crippen LogP contribution is 2.24. The van der Waals surface area contributed by atoms with Crippen molar-refractivity contribution in [3.05, 3.63) is 52.1 Å². The van der Waals surface area contributed by atoms with Crippen molar-refractivity contribution < 1.29 is 4.92 Å². The number of hydrogen-bond donors (Lipinski definition) is 2. The Bertz CT molecular complexity index is 639. The molecule has 6 nitrogen and oxygen atoms in total. The Morgan fingerprint density at radius 3 is 2.29 bits per heavy atom. The third kappa shape index (κ3) is 3.68. The summed E-state index contributed by atoms with van der Waals surface area (Å²) in [4.78, 5) is 14.7. The van der Waals surface area contributed by atoms with Gasteiger partial charge in [0.1, 0.15) is 11.6 Å². The van der Waals surface area contributed by atoms with Crippen molar-refractivity contribution in [2.75, 3.05) is 17.7 Å². The van der Waals surface area contributed by atoms with E-state index in [0.29, 0.717) is 17.6 Å². The number of nitrogens with zero attached hydrogens (tertiary/aromatic N) is 2. The van der Waals surface area contributed by atoms with Crippen molar-refractivity contribution in [2.24, 2.45) is 0 Å². The summed E-state index contributed by atoms with van der Waals surface area (Å²) in [5.41, 5.74) is 2.08. The molecule has 0 unspecified atom stereocenters. The lowest BCUT2D eigenvalue weighted by atomic mass is 10.0. The number of rotatable bonds is 5. The second-order valence-corrected chi connectivity index (χ2v) is 5.00. The van der Waals surface area contributed by atoms with Crippen molar-refractivity contribution in [3.63, 3.8) is 0 Å². The van der Waals surface area contributed by atoms with Crippen LogP contribution in [0.2, 0.25) is 0 Å². The normalized spacial score (nSPS) is 10.5. The monoisotopic (exact) mass is 286 g/mol. The molecule has 0 fully saturated rings. The standard InChI is InChI=1S/C15H18N4O2/c1-10(2)11-4-6-12(7-5-11)17-15-9-13(19(20)21)8-14(16-3)18-15/h4-10H,1-3H3,(H2,16,17,18). The minimum Gasteiger partial charge on any atom is -0.373 e. The summed E-state index contributed by atoms with van der Waals surface area (Å²) in [6.07, 6.45) is 0. The van der Waals surface area contributed by atoms with Crippen LogP contribution in [-0.4, -0.2) is 17.0 Å². The van der Waals surface area contributed by atoms with Crippen molar-refractivity contribution in [2.45, 2.75) is 19.8 Å². The Morgan fingerprint density at radius 1 is 1.14 bits per heavy atom. The molecule has 6 heteroatoms. The van der Waals surface area contributed by atoms with Crippen LogP contribution >= 0.6 is 0 Å². The Hall–Kier alpha value is -2.63. The SMILES string of the molecule is CNc1cc([N+](=O)[O-])cc(Nc2ccc(C(C)C)cc2)n1. The van der Waals surface area contributed by atoms with E-state index in [-0.39, 0.29) is 5.69 Å². The fourth-order valence-electron chi connectivity index (χ4n) is 1.91. The zero-order valence-electron chi connectivity index (χ0n) is 12.3. The molecule has 1 aromatic carbocycles. The van der Waals surface area contributed by atoms with E-state index in [1.54, 1.807) is 7.05 Å². The molecule has 0 aliphatic carbocycles. The van der Waals surface area contributed by atoms with Crippen LogP contribution in [0.15, 0.2) is 36.4 Å². The summed E-state index contributed by atoms with van der Waals surface area (Å²) < 4.78 is 0. The second-order valence-electron chi connectivity index (χ2n) is 5.00. The Labute approximate surface area is 123 Å². The molecule has 1 aromatic heterocycles. The molecule has 1 heterocycles. The van der Waals surface area contributed by atoms with Gasteiger partial charge >= 0.3 is 0 Å². The topological polar surface area (TPSA) is 80.1 Å². The first-order valence-electron chi connectivity index (χ1n) is 6.71. The number of anilines is 3. The molecule has 0 bridgehead atoms. The molecule has 0 atom stereocenters. The largest absolute Gasteiger partial charge is 0.373 e. The third-order valence-corrected chi connectivity index (χ3v) is 3.13. The molecule has 0 spiro atoms. The van der Waals surface area contributed by atoms with E-state index in [2.05, 4.69) is 29.5 Å². The van der Waals surface area contributed by atoms with Crippen molar-refractivity contribution in [3.8, 4) is 0 Å². The van der Waals surface area contributed by atoms with E-state index in [0.717, 1.165) is 5.69 Å². The molecule has 0 amide bonds. The maximum Gasteiger partial charge on any atom is 0.276 e. The molecule has 0 aliphatic heterocycles. The first kappa shape index (κ1) is 14.8. The van der Waals surface area contributed by atoms with Gasteiger partial charge in [-0.05, 0) is 23.6 Å². The second kappa shape index (κ2) is 6.21. The molecule has 21 heavy (non-hydrogen) atoms. The van der Waals surface area contributed by atoms with Gasteiger partial charge in [-0.15, -0.1) is 0 Å². The van der Waals surface area contributed by atoms with Gasteiger partial charge in [0, 0.05) is 12.7 Å². The van der Waals surface area contributed by atoms with Crippen LogP contribution in [0.3, 0.4) is 0 Å². The highest BCUT2D eigenvalue weighted by molar-refractivity contribution is 5.62. The molecule has 0 aliphatic rings. The van der Waals surface area contributed by atoms with Crippen molar-refractivity contribution >= 4 is 23.0 Å². The summed E-state index contributed by atoms with van der Waals surface area (Å²) in [5, 5.41) is 16.8. The fraction of sp³-hybridized carbons (Fsp3) is 0.267. The van der Waals surface area contributed by atoms with Gasteiger partial charge in [0.25, 0.3) is 5.69 Å². The van der Waals surface area contributed by atoms with Crippen LogP contribution in [-0.2, 0) is 0 Å². The van der Waals surface area contributed by atoms with Crippen LogP contribution in [0.5, 0.6) is 0 Å².